The maximum Gasteiger partial charge on any atom is 0.248 e. The molecular weight excluding hydrogens is 230 g/mol. The Morgan fingerprint density at radius 2 is 1.88 bits per heavy atom. The summed E-state index contributed by atoms with van der Waals surface area (Å²) in [6.45, 7) is 15.3. The normalized spacial score (nSPS) is 26.5. The highest BCUT2D eigenvalue weighted by molar-refractivity contribution is 6.74. The van der Waals surface area contributed by atoms with Crippen LogP contribution in [0.2, 0.25) is 18.1 Å². The van der Waals surface area contributed by atoms with Gasteiger partial charge in [-0.1, -0.05) is 34.6 Å². The molecule has 1 amide bonds. The lowest BCUT2D eigenvalue weighted by Crippen LogP contribution is -2.45. The van der Waals surface area contributed by atoms with E-state index < -0.39 is 8.32 Å². The van der Waals surface area contributed by atoms with Gasteiger partial charge < -0.3 is 9.74 Å². The van der Waals surface area contributed by atoms with Gasteiger partial charge in [-0.3, -0.25) is 4.79 Å². The molecule has 1 N–H and O–H groups in total. The Bertz CT molecular complexity index is 294. The summed E-state index contributed by atoms with van der Waals surface area (Å²) >= 11 is 0. The van der Waals surface area contributed by atoms with E-state index in [2.05, 4.69) is 53.0 Å². The molecule has 1 fully saturated rings. The van der Waals surface area contributed by atoms with Crippen molar-refractivity contribution in [2.45, 2.75) is 71.3 Å². The number of nitrogens with one attached hydrogen (secondary N) is 1. The van der Waals surface area contributed by atoms with Crippen LogP contribution in [0.25, 0.3) is 0 Å². The summed E-state index contributed by atoms with van der Waals surface area (Å²) in [4.78, 5) is 11.9. The van der Waals surface area contributed by atoms with Gasteiger partial charge in [-0.2, -0.15) is 0 Å². The highest BCUT2D eigenvalue weighted by Crippen LogP contribution is 2.38. The molecule has 0 bridgehead atoms. The fraction of sp³-hybridized carbons (Fsp3) is 0.923. The van der Waals surface area contributed by atoms with E-state index in [1.54, 1.807) is 0 Å². The maximum absolute atomic E-state index is 11.9. The zero-order valence-electron chi connectivity index (χ0n) is 12.3. The highest BCUT2D eigenvalue weighted by Gasteiger charge is 2.43. The van der Waals surface area contributed by atoms with Crippen molar-refractivity contribution < 1.29 is 9.22 Å². The van der Waals surface area contributed by atoms with Gasteiger partial charge >= 0.3 is 0 Å². The van der Waals surface area contributed by atoms with Crippen LogP contribution < -0.4 is 5.32 Å². The van der Waals surface area contributed by atoms with Crippen LogP contribution in [0.15, 0.2) is 0 Å². The van der Waals surface area contributed by atoms with Crippen molar-refractivity contribution in [3.8, 4) is 0 Å². The minimum atomic E-state index is -1.84. The van der Waals surface area contributed by atoms with Gasteiger partial charge in [0.1, 0.15) is 6.10 Å². The van der Waals surface area contributed by atoms with Crippen molar-refractivity contribution in [3.63, 3.8) is 0 Å². The van der Waals surface area contributed by atoms with E-state index in [-0.39, 0.29) is 23.1 Å². The predicted molar refractivity (Wildman–Crippen MR) is 73.5 cm³/mol. The molecule has 0 radical (unpaired) electrons. The first-order valence-corrected chi connectivity index (χ1v) is 9.43. The summed E-state index contributed by atoms with van der Waals surface area (Å²) in [7, 11) is -1.84. The molecule has 1 heterocycles. The third-order valence-electron chi connectivity index (χ3n) is 4.14. The lowest BCUT2D eigenvalue weighted by atomic mass is 10.0. The molecule has 4 heteroatoms. The van der Waals surface area contributed by atoms with Crippen LogP contribution in [0.3, 0.4) is 0 Å². The van der Waals surface area contributed by atoms with Gasteiger partial charge in [0.25, 0.3) is 0 Å². The number of rotatable bonds is 3. The molecule has 0 aromatic rings. The first-order valence-electron chi connectivity index (χ1n) is 6.53. The molecule has 1 rings (SSSR count). The third-order valence-corrected chi connectivity index (χ3v) is 8.62. The van der Waals surface area contributed by atoms with Gasteiger partial charge in [0.15, 0.2) is 8.32 Å². The Morgan fingerprint density at radius 3 is 2.24 bits per heavy atom. The molecule has 1 saturated heterocycles. The van der Waals surface area contributed by atoms with E-state index in [0.29, 0.717) is 5.92 Å². The van der Waals surface area contributed by atoms with E-state index in [9.17, 15) is 4.79 Å². The Morgan fingerprint density at radius 1 is 1.35 bits per heavy atom. The molecule has 17 heavy (non-hydrogen) atoms. The van der Waals surface area contributed by atoms with Gasteiger partial charge in [-0.05, 0) is 24.1 Å². The molecule has 2 atom stereocenters. The summed E-state index contributed by atoms with van der Waals surface area (Å²) in [5.74, 6) is 0.556. The molecule has 0 aliphatic carbocycles. The van der Waals surface area contributed by atoms with Crippen LogP contribution in [0.4, 0.5) is 0 Å². The Labute approximate surface area is 106 Å². The second kappa shape index (κ2) is 4.73. The van der Waals surface area contributed by atoms with Crippen LogP contribution in [-0.2, 0) is 9.22 Å². The molecule has 0 aromatic carbocycles. The standard InChI is InChI=1S/C13H27NO2Si/c1-9(2)10-8-11(12(15)14-10)16-17(6,7)13(3,4)5/h9-11H,8H2,1-7H3,(H,14,15). The molecular formula is C13H27NO2Si. The first-order chi connectivity index (χ1) is 7.54. The molecule has 100 valence electrons. The molecule has 0 spiro atoms. The van der Waals surface area contributed by atoms with Crippen LogP contribution in [0, 0.1) is 5.92 Å². The van der Waals surface area contributed by atoms with Gasteiger partial charge in [-0.15, -0.1) is 0 Å². The van der Waals surface area contributed by atoms with Crippen LogP contribution >= 0.6 is 0 Å². The number of hydrogen-bond donors (Lipinski definition) is 1. The van der Waals surface area contributed by atoms with Crippen molar-refractivity contribution in [2.24, 2.45) is 5.92 Å². The van der Waals surface area contributed by atoms with E-state index in [1.807, 2.05) is 0 Å². The number of amides is 1. The summed E-state index contributed by atoms with van der Waals surface area (Å²) < 4.78 is 6.18. The second-order valence-electron chi connectivity index (χ2n) is 6.96. The zero-order valence-corrected chi connectivity index (χ0v) is 13.3. The fourth-order valence-electron chi connectivity index (χ4n) is 1.75. The van der Waals surface area contributed by atoms with Crippen molar-refractivity contribution in [1.82, 2.24) is 5.32 Å². The molecule has 0 aromatic heterocycles. The van der Waals surface area contributed by atoms with Crippen molar-refractivity contribution >= 4 is 14.2 Å². The van der Waals surface area contributed by atoms with Crippen LogP contribution in [-0.4, -0.2) is 26.4 Å². The fourth-order valence-corrected chi connectivity index (χ4v) is 3.01. The van der Waals surface area contributed by atoms with Gasteiger partial charge in [-0.25, -0.2) is 0 Å². The van der Waals surface area contributed by atoms with E-state index in [4.69, 9.17) is 4.43 Å². The lowest BCUT2D eigenvalue weighted by molar-refractivity contribution is -0.125. The second-order valence-corrected chi connectivity index (χ2v) is 11.7. The summed E-state index contributed by atoms with van der Waals surface area (Å²) in [6.07, 6.45) is 0.589. The van der Waals surface area contributed by atoms with Crippen molar-refractivity contribution in [2.75, 3.05) is 0 Å². The number of carbonyl (C=O) groups excluding carboxylic acids is 1. The minimum absolute atomic E-state index is 0.0773. The van der Waals surface area contributed by atoms with E-state index in [1.165, 1.54) is 0 Å². The predicted octanol–water partition coefficient (Wildman–Crippen LogP) is 2.92. The van der Waals surface area contributed by atoms with Crippen LogP contribution in [0.5, 0.6) is 0 Å². The number of hydrogen-bond acceptors (Lipinski definition) is 2. The van der Waals surface area contributed by atoms with Gasteiger partial charge in [0.2, 0.25) is 5.91 Å². The minimum Gasteiger partial charge on any atom is -0.405 e. The SMILES string of the molecule is CC(C)C1CC(O[Si](C)(C)C(C)(C)C)C(=O)N1. The largest absolute Gasteiger partial charge is 0.405 e. The van der Waals surface area contributed by atoms with Gasteiger partial charge in [0, 0.05) is 12.5 Å². The Kier molecular flexibility index (Phi) is 4.09. The molecule has 1 aliphatic heterocycles. The highest BCUT2D eigenvalue weighted by atomic mass is 28.4. The third kappa shape index (κ3) is 3.32. The Hall–Kier alpha value is -0.353. The van der Waals surface area contributed by atoms with E-state index >= 15 is 0 Å². The molecule has 1 aliphatic rings. The topological polar surface area (TPSA) is 38.3 Å². The monoisotopic (exact) mass is 257 g/mol. The van der Waals surface area contributed by atoms with Crippen molar-refractivity contribution in [3.05, 3.63) is 0 Å². The quantitative estimate of drug-likeness (QED) is 0.790. The zero-order chi connectivity index (χ0) is 13.4. The summed E-state index contributed by atoms with van der Waals surface area (Å²) in [5, 5.41) is 3.19. The summed E-state index contributed by atoms with van der Waals surface area (Å²) in [5.41, 5.74) is 0. The van der Waals surface area contributed by atoms with E-state index in [0.717, 1.165) is 6.42 Å². The molecule has 3 nitrogen and oxygen atoms in total. The number of carbonyl (C=O) groups is 1. The average molecular weight is 257 g/mol. The Balaban J connectivity index is 2.68. The molecule has 2 unspecified atom stereocenters. The first kappa shape index (κ1) is 14.7. The molecule has 0 saturated carbocycles. The van der Waals surface area contributed by atoms with Gasteiger partial charge in [0.05, 0.1) is 0 Å². The van der Waals surface area contributed by atoms with Crippen molar-refractivity contribution in [1.29, 1.82) is 0 Å². The lowest BCUT2D eigenvalue weighted by Gasteiger charge is -2.37. The maximum atomic E-state index is 11.9. The summed E-state index contributed by atoms with van der Waals surface area (Å²) in [6, 6.07) is 0.275. The van der Waals surface area contributed by atoms with Crippen LogP contribution in [0.1, 0.15) is 41.0 Å². The smallest absolute Gasteiger partial charge is 0.248 e. The average Bonchev–Trinajstić information content (AvgIpc) is 2.45.